The molecule has 0 saturated carbocycles. The summed E-state index contributed by atoms with van der Waals surface area (Å²) in [4.78, 5) is 89.8. The first-order chi connectivity index (χ1) is 21.3. The Bertz CT molecular complexity index is 1080. The summed E-state index contributed by atoms with van der Waals surface area (Å²) in [5.74, 6) is -5.70. The van der Waals surface area contributed by atoms with Crippen LogP contribution in [0, 0.1) is 5.92 Å². The lowest BCUT2D eigenvalue weighted by Gasteiger charge is -2.32. The predicted molar refractivity (Wildman–Crippen MR) is 161 cm³/mol. The molecule has 6 atom stereocenters. The molecular weight excluding hydrogens is 590 g/mol. The fraction of sp³-hybridized carbons (Fsp3) is 0.759. The fourth-order valence-corrected chi connectivity index (χ4v) is 5.39. The summed E-state index contributed by atoms with van der Waals surface area (Å²) in [6.45, 7) is 6.26. The van der Waals surface area contributed by atoms with Crippen molar-refractivity contribution in [3.8, 4) is 0 Å². The molecule has 2 heterocycles. The maximum atomic E-state index is 13.6. The van der Waals surface area contributed by atoms with Crippen molar-refractivity contribution < 1.29 is 43.8 Å². The Balaban J connectivity index is 2.09. The van der Waals surface area contributed by atoms with E-state index in [1.54, 1.807) is 13.8 Å². The average Bonchev–Trinajstić information content (AvgIpc) is 3.69. The van der Waals surface area contributed by atoms with E-state index in [2.05, 4.69) is 26.6 Å². The van der Waals surface area contributed by atoms with Crippen LogP contribution >= 0.6 is 0 Å². The number of carboxylic acid groups (broad SMARTS) is 2. The number of unbranched alkanes of at least 4 members (excludes halogenated alkanes) is 1. The summed E-state index contributed by atoms with van der Waals surface area (Å²) in [5, 5.41) is 31.9. The molecule has 0 radical (unpaired) electrons. The molecule has 2 saturated heterocycles. The topological polar surface area (TPSA) is 249 Å². The van der Waals surface area contributed by atoms with Gasteiger partial charge in [-0.1, -0.05) is 13.8 Å². The number of nitrogens with zero attached hydrogens (tertiary/aromatic N) is 1. The minimum Gasteiger partial charge on any atom is -0.481 e. The third kappa shape index (κ3) is 11.6. The van der Waals surface area contributed by atoms with Crippen LogP contribution in [0.1, 0.15) is 78.6 Å². The van der Waals surface area contributed by atoms with E-state index in [0.29, 0.717) is 45.2 Å². The summed E-state index contributed by atoms with van der Waals surface area (Å²) in [7, 11) is 0. The molecule has 2 aliphatic heterocycles. The minimum atomic E-state index is -1.35. The molecule has 5 amide bonds. The Labute approximate surface area is 263 Å². The number of likely N-dealkylation sites (tertiary alicyclic amines) is 1. The van der Waals surface area contributed by atoms with Gasteiger partial charge in [0.2, 0.25) is 29.5 Å². The van der Waals surface area contributed by atoms with Crippen LogP contribution in [-0.2, 0) is 33.6 Å². The molecule has 2 fully saturated rings. The maximum absolute atomic E-state index is 13.6. The highest BCUT2D eigenvalue weighted by Gasteiger charge is 2.40. The van der Waals surface area contributed by atoms with E-state index < -0.39 is 72.2 Å². The number of carbonyl (C=O) groups is 7. The first-order valence-corrected chi connectivity index (χ1v) is 15.7. The Hall–Kier alpha value is -3.79. The monoisotopic (exact) mass is 639 g/mol. The van der Waals surface area contributed by atoms with Crippen molar-refractivity contribution in [2.75, 3.05) is 19.6 Å². The van der Waals surface area contributed by atoms with Gasteiger partial charge in [-0.2, -0.15) is 0 Å². The van der Waals surface area contributed by atoms with Crippen LogP contribution in [0.3, 0.4) is 0 Å². The van der Waals surface area contributed by atoms with Crippen molar-refractivity contribution in [3.63, 3.8) is 0 Å². The van der Waals surface area contributed by atoms with Crippen LogP contribution in [0.15, 0.2) is 0 Å². The quantitative estimate of drug-likeness (QED) is 0.0795. The third-order valence-corrected chi connectivity index (χ3v) is 8.04. The van der Waals surface area contributed by atoms with Crippen molar-refractivity contribution >= 4 is 41.5 Å². The molecule has 16 heteroatoms. The number of hydrogen-bond acceptors (Lipinski definition) is 9. The van der Waals surface area contributed by atoms with E-state index in [9.17, 15) is 43.8 Å². The molecule has 0 spiro atoms. The second-order valence-electron chi connectivity index (χ2n) is 12.0. The van der Waals surface area contributed by atoms with Gasteiger partial charge in [0.25, 0.3) is 0 Å². The standard InChI is InChI=1S/C29H49N7O9/c1-16(2)23(35-25(40)18-9-6-14-31-18)28(43)36-15-7-10-21(36)27(42)33-19(11-12-22(37)38)26(41)32-17(3)24(39)34-20(29(44)45)8-4-5-13-30/h16-21,23,31H,4-15,30H2,1-3H3,(H,32,41)(H,33,42)(H,34,39)(H,35,40)(H,37,38)(H,44,45)/t17-,18-,19-,20-,21-,23-/m0/s1. The number of nitrogens with one attached hydrogen (secondary N) is 5. The van der Waals surface area contributed by atoms with E-state index in [-0.39, 0.29) is 37.3 Å². The van der Waals surface area contributed by atoms with Crippen molar-refractivity contribution in [1.29, 1.82) is 0 Å². The molecule has 0 aromatic carbocycles. The molecule has 0 unspecified atom stereocenters. The summed E-state index contributed by atoms with van der Waals surface area (Å²) < 4.78 is 0. The van der Waals surface area contributed by atoms with Crippen molar-refractivity contribution in [2.45, 2.75) is 115 Å². The van der Waals surface area contributed by atoms with E-state index in [0.717, 1.165) is 6.42 Å². The van der Waals surface area contributed by atoms with E-state index in [1.807, 2.05) is 0 Å². The van der Waals surface area contributed by atoms with Gasteiger partial charge in [-0.15, -0.1) is 0 Å². The van der Waals surface area contributed by atoms with Gasteiger partial charge in [0.15, 0.2) is 0 Å². The number of rotatable bonds is 18. The SMILES string of the molecule is CC(C)[C@H](NC(=O)[C@@H]1CCCN1)C(=O)N1CCC[C@H]1C(=O)N[C@@H](CCC(=O)O)C(=O)N[C@@H](C)C(=O)N[C@@H](CCCCN)C(=O)O. The van der Waals surface area contributed by atoms with Gasteiger partial charge in [0.05, 0.1) is 6.04 Å². The number of nitrogens with two attached hydrogens (primary N) is 1. The number of carboxylic acids is 2. The lowest BCUT2D eigenvalue weighted by molar-refractivity contribution is -0.143. The van der Waals surface area contributed by atoms with Crippen molar-refractivity contribution in [2.24, 2.45) is 11.7 Å². The smallest absolute Gasteiger partial charge is 0.326 e. The zero-order valence-electron chi connectivity index (χ0n) is 26.3. The molecule has 254 valence electrons. The lowest BCUT2D eigenvalue weighted by atomic mass is 10.0. The van der Waals surface area contributed by atoms with Crippen LogP contribution in [0.2, 0.25) is 0 Å². The zero-order valence-corrected chi connectivity index (χ0v) is 26.3. The molecule has 0 aromatic rings. The summed E-state index contributed by atoms with van der Waals surface area (Å²) in [6, 6.07) is -5.95. The Morgan fingerprint density at radius 2 is 1.56 bits per heavy atom. The van der Waals surface area contributed by atoms with Gasteiger partial charge in [-0.05, 0) is 77.3 Å². The van der Waals surface area contributed by atoms with Crippen LogP contribution < -0.4 is 32.3 Å². The highest BCUT2D eigenvalue weighted by atomic mass is 16.4. The predicted octanol–water partition coefficient (Wildman–Crippen LogP) is -1.58. The number of carbonyl (C=O) groups excluding carboxylic acids is 5. The highest BCUT2D eigenvalue weighted by Crippen LogP contribution is 2.21. The summed E-state index contributed by atoms with van der Waals surface area (Å²) >= 11 is 0. The first kappa shape index (κ1) is 37.4. The molecular formula is C29H49N7O9. The van der Waals surface area contributed by atoms with E-state index in [4.69, 9.17) is 5.73 Å². The largest absolute Gasteiger partial charge is 0.481 e. The molecule has 2 rings (SSSR count). The van der Waals surface area contributed by atoms with Gasteiger partial charge < -0.3 is 47.4 Å². The lowest BCUT2D eigenvalue weighted by Crippen LogP contribution is -2.59. The molecule has 16 nitrogen and oxygen atoms in total. The second kappa shape index (κ2) is 18.2. The number of amides is 5. The Morgan fingerprint density at radius 3 is 2.13 bits per heavy atom. The summed E-state index contributed by atoms with van der Waals surface area (Å²) in [6.07, 6.45) is 2.75. The Morgan fingerprint density at radius 1 is 0.844 bits per heavy atom. The zero-order chi connectivity index (χ0) is 33.7. The molecule has 0 aromatic heterocycles. The molecule has 0 bridgehead atoms. The normalized spacial score (nSPS) is 20.5. The van der Waals surface area contributed by atoms with Gasteiger partial charge in [-0.25, -0.2) is 4.79 Å². The van der Waals surface area contributed by atoms with E-state index in [1.165, 1.54) is 11.8 Å². The third-order valence-electron chi connectivity index (χ3n) is 8.04. The second-order valence-corrected chi connectivity index (χ2v) is 12.0. The average molecular weight is 640 g/mol. The number of aliphatic carboxylic acids is 2. The van der Waals surface area contributed by atoms with Gasteiger partial charge in [0, 0.05) is 13.0 Å². The fourth-order valence-electron chi connectivity index (χ4n) is 5.39. The van der Waals surface area contributed by atoms with E-state index >= 15 is 0 Å². The molecule has 9 N–H and O–H groups in total. The van der Waals surface area contributed by atoms with Gasteiger partial charge in [-0.3, -0.25) is 28.8 Å². The number of hydrogen-bond donors (Lipinski definition) is 8. The van der Waals surface area contributed by atoms with Crippen molar-refractivity contribution in [1.82, 2.24) is 31.5 Å². The van der Waals surface area contributed by atoms with Crippen LogP contribution in [0.25, 0.3) is 0 Å². The summed E-state index contributed by atoms with van der Waals surface area (Å²) in [5.41, 5.74) is 5.44. The Kier molecular flexibility index (Phi) is 15.2. The minimum absolute atomic E-state index is 0.145. The first-order valence-electron chi connectivity index (χ1n) is 15.7. The van der Waals surface area contributed by atoms with Crippen molar-refractivity contribution in [3.05, 3.63) is 0 Å². The van der Waals surface area contributed by atoms with Crippen LogP contribution in [0.4, 0.5) is 0 Å². The van der Waals surface area contributed by atoms with Gasteiger partial charge >= 0.3 is 11.9 Å². The van der Waals surface area contributed by atoms with Gasteiger partial charge in [0.1, 0.15) is 30.2 Å². The molecule has 0 aliphatic carbocycles. The molecule has 45 heavy (non-hydrogen) atoms. The highest BCUT2D eigenvalue weighted by molar-refractivity contribution is 5.96. The van der Waals surface area contributed by atoms with Crippen LogP contribution in [-0.4, -0.2) is 112 Å². The van der Waals surface area contributed by atoms with Crippen LogP contribution in [0.5, 0.6) is 0 Å². The molecule has 2 aliphatic rings. The maximum Gasteiger partial charge on any atom is 0.326 e.